The Bertz CT molecular complexity index is 645. The number of carbonyl (C=O) groups is 1. The predicted octanol–water partition coefficient (Wildman–Crippen LogP) is 4.25. The van der Waals surface area contributed by atoms with Gasteiger partial charge in [-0.3, -0.25) is 5.32 Å². The van der Waals surface area contributed by atoms with Crippen LogP contribution in [0.5, 0.6) is 5.75 Å². The molecule has 2 N–H and O–H groups in total. The molecule has 0 saturated heterocycles. The number of anilines is 2. The second kappa shape index (κ2) is 7.09. The summed E-state index contributed by atoms with van der Waals surface area (Å²) in [5.41, 5.74) is 1.86. The molecule has 0 atom stereocenters. The maximum absolute atomic E-state index is 11.9. The van der Waals surface area contributed by atoms with E-state index in [-0.39, 0.29) is 0 Å². The monoisotopic (exact) mass is 318 g/mol. The van der Waals surface area contributed by atoms with Crippen LogP contribution >= 0.6 is 0 Å². The van der Waals surface area contributed by atoms with Crippen molar-refractivity contribution < 1.29 is 18.7 Å². The van der Waals surface area contributed by atoms with E-state index in [4.69, 9.17) is 13.9 Å². The third-order valence-electron chi connectivity index (χ3n) is 2.91. The first-order valence-corrected chi connectivity index (χ1v) is 7.30. The van der Waals surface area contributed by atoms with Crippen molar-refractivity contribution in [3.05, 3.63) is 42.4 Å². The van der Waals surface area contributed by atoms with Gasteiger partial charge in [0.25, 0.3) is 0 Å². The summed E-state index contributed by atoms with van der Waals surface area (Å²) in [5.74, 6) is 0.560. The number of rotatable bonds is 5. The molecule has 0 aliphatic heterocycles. The summed E-state index contributed by atoms with van der Waals surface area (Å²) in [6, 6.07) is 7.34. The third-order valence-corrected chi connectivity index (χ3v) is 2.91. The van der Waals surface area contributed by atoms with Gasteiger partial charge >= 0.3 is 6.09 Å². The van der Waals surface area contributed by atoms with Crippen LogP contribution in [-0.4, -0.2) is 18.8 Å². The largest absolute Gasteiger partial charge is 0.495 e. The average molecular weight is 318 g/mol. The Kier molecular flexibility index (Phi) is 5.16. The van der Waals surface area contributed by atoms with Crippen LogP contribution in [-0.2, 0) is 11.3 Å². The number of amides is 1. The van der Waals surface area contributed by atoms with Crippen molar-refractivity contribution in [1.29, 1.82) is 0 Å². The van der Waals surface area contributed by atoms with Gasteiger partial charge in [0.2, 0.25) is 0 Å². The zero-order valence-electron chi connectivity index (χ0n) is 13.8. The van der Waals surface area contributed by atoms with Crippen molar-refractivity contribution in [2.75, 3.05) is 17.7 Å². The van der Waals surface area contributed by atoms with Gasteiger partial charge in [-0.1, -0.05) is 0 Å². The van der Waals surface area contributed by atoms with Crippen LogP contribution in [0, 0.1) is 0 Å². The van der Waals surface area contributed by atoms with Gasteiger partial charge in [0.05, 0.1) is 25.3 Å². The maximum atomic E-state index is 11.9. The highest BCUT2D eigenvalue weighted by Gasteiger charge is 2.17. The Morgan fingerprint density at radius 1 is 1.26 bits per heavy atom. The van der Waals surface area contributed by atoms with Crippen LogP contribution in [0.2, 0.25) is 0 Å². The minimum atomic E-state index is -0.561. The second-order valence-corrected chi connectivity index (χ2v) is 6.03. The lowest BCUT2D eigenvalue weighted by Gasteiger charge is -2.20. The number of nitrogens with one attached hydrogen (secondary N) is 2. The van der Waals surface area contributed by atoms with Crippen LogP contribution in [0.1, 0.15) is 26.3 Å². The molecule has 23 heavy (non-hydrogen) atoms. The lowest BCUT2D eigenvalue weighted by Crippen LogP contribution is -2.27. The minimum Gasteiger partial charge on any atom is -0.495 e. The summed E-state index contributed by atoms with van der Waals surface area (Å²) < 4.78 is 15.6. The Hall–Kier alpha value is -2.63. The van der Waals surface area contributed by atoms with Gasteiger partial charge in [0.15, 0.2) is 0 Å². The molecule has 1 heterocycles. The van der Waals surface area contributed by atoms with Crippen molar-refractivity contribution in [3.63, 3.8) is 0 Å². The van der Waals surface area contributed by atoms with Crippen LogP contribution < -0.4 is 15.4 Å². The summed E-state index contributed by atoms with van der Waals surface area (Å²) >= 11 is 0. The number of furan rings is 1. The highest BCUT2D eigenvalue weighted by Crippen LogP contribution is 2.28. The van der Waals surface area contributed by atoms with Crippen LogP contribution in [0.3, 0.4) is 0 Å². The van der Waals surface area contributed by atoms with Crippen LogP contribution in [0.15, 0.2) is 41.2 Å². The molecular weight excluding hydrogens is 296 g/mol. The fraction of sp³-hybridized carbons (Fsp3) is 0.353. The first-order chi connectivity index (χ1) is 10.9. The summed E-state index contributed by atoms with van der Waals surface area (Å²) in [5, 5.41) is 5.96. The number of methoxy groups -OCH3 is 1. The van der Waals surface area contributed by atoms with E-state index in [9.17, 15) is 4.79 Å². The molecule has 6 nitrogen and oxygen atoms in total. The van der Waals surface area contributed by atoms with E-state index in [1.807, 2.05) is 32.9 Å². The third kappa shape index (κ3) is 5.25. The van der Waals surface area contributed by atoms with E-state index in [1.165, 1.54) is 0 Å². The van der Waals surface area contributed by atoms with Gasteiger partial charge in [-0.05, 0) is 45.0 Å². The molecule has 0 fully saturated rings. The summed E-state index contributed by atoms with van der Waals surface area (Å²) in [6.07, 6.45) is 2.78. The van der Waals surface area contributed by atoms with E-state index in [2.05, 4.69) is 10.6 Å². The van der Waals surface area contributed by atoms with E-state index in [0.717, 1.165) is 11.3 Å². The number of benzene rings is 1. The van der Waals surface area contributed by atoms with Gasteiger partial charge < -0.3 is 19.2 Å². The maximum Gasteiger partial charge on any atom is 0.412 e. The van der Waals surface area contributed by atoms with E-state index >= 15 is 0 Å². The summed E-state index contributed by atoms with van der Waals surface area (Å²) in [7, 11) is 1.55. The molecule has 1 aromatic carbocycles. The van der Waals surface area contributed by atoms with Crippen molar-refractivity contribution in [2.45, 2.75) is 32.9 Å². The van der Waals surface area contributed by atoms with Crippen molar-refractivity contribution in [1.82, 2.24) is 0 Å². The molecule has 0 aliphatic rings. The highest BCUT2D eigenvalue weighted by atomic mass is 16.6. The molecule has 124 valence electrons. The van der Waals surface area contributed by atoms with Gasteiger partial charge in [-0.15, -0.1) is 0 Å². The average Bonchev–Trinajstić information content (AvgIpc) is 2.96. The quantitative estimate of drug-likeness (QED) is 0.862. The number of hydrogen-bond acceptors (Lipinski definition) is 5. The van der Waals surface area contributed by atoms with Gasteiger partial charge in [-0.2, -0.15) is 0 Å². The Labute approximate surface area is 135 Å². The zero-order valence-corrected chi connectivity index (χ0v) is 13.8. The normalized spacial score (nSPS) is 11.0. The SMILES string of the molecule is COc1ccc(NCc2ccoc2)cc1NC(=O)OC(C)(C)C. The Morgan fingerprint density at radius 2 is 2.04 bits per heavy atom. The lowest BCUT2D eigenvalue weighted by molar-refractivity contribution is 0.0635. The van der Waals surface area contributed by atoms with Crippen LogP contribution in [0.25, 0.3) is 0 Å². The minimum absolute atomic E-state index is 0.525. The Balaban J connectivity index is 2.07. The fourth-order valence-corrected chi connectivity index (χ4v) is 1.93. The van der Waals surface area contributed by atoms with Crippen LogP contribution in [0.4, 0.5) is 16.2 Å². The van der Waals surface area contributed by atoms with Gasteiger partial charge in [-0.25, -0.2) is 4.79 Å². The molecule has 2 aromatic rings. The molecule has 0 radical (unpaired) electrons. The standard InChI is InChI=1S/C17H22N2O4/c1-17(2,3)23-16(20)19-14-9-13(5-6-15(14)21-4)18-10-12-7-8-22-11-12/h5-9,11,18H,10H2,1-4H3,(H,19,20). The lowest BCUT2D eigenvalue weighted by atomic mass is 10.2. The molecule has 0 unspecified atom stereocenters. The van der Waals surface area contributed by atoms with E-state index < -0.39 is 11.7 Å². The topological polar surface area (TPSA) is 72.7 Å². The molecule has 1 aromatic heterocycles. The first-order valence-electron chi connectivity index (χ1n) is 7.30. The summed E-state index contributed by atoms with van der Waals surface area (Å²) in [4.78, 5) is 11.9. The number of carbonyl (C=O) groups excluding carboxylic acids is 1. The van der Waals surface area contributed by atoms with Crippen molar-refractivity contribution in [3.8, 4) is 5.75 Å². The zero-order chi connectivity index (χ0) is 16.9. The molecule has 1 amide bonds. The molecule has 0 aliphatic carbocycles. The summed E-state index contributed by atoms with van der Waals surface area (Å²) in [6.45, 7) is 6.06. The molecule has 0 bridgehead atoms. The Morgan fingerprint density at radius 3 is 2.65 bits per heavy atom. The smallest absolute Gasteiger partial charge is 0.412 e. The number of hydrogen-bond donors (Lipinski definition) is 2. The number of ether oxygens (including phenoxy) is 2. The van der Waals surface area contributed by atoms with Crippen molar-refractivity contribution in [2.24, 2.45) is 0 Å². The molecular formula is C17H22N2O4. The molecule has 0 spiro atoms. The van der Waals surface area contributed by atoms with Gasteiger partial charge in [0, 0.05) is 17.8 Å². The first kappa shape index (κ1) is 16.7. The second-order valence-electron chi connectivity index (χ2n) is 6.03. The predicted molar refractivity (Wildman–Crippen MR) is 88.9 cm³/mol. The highest BCUT2D eigenvalue weighted by molar-refractivity contribution is 5.88. The fourth-order valence-electron chi connectivity index (χ4n) is 1.93. The molecule has 0 saturated carbocycles. The van der Waals surface area contributed by atoms with E-state index in [0.29, 0.717) is 18.0 Å². The molecule has 2 rings (SSSR count). The van der Waals surface area contributed by atoms with Crippen molar-refractivity contribution >= 4 is 17.5 Å². The van der Waals surface area contributed by atoms with E-state index in [1.54, 1.807) is 31.8 Å². The molecule has 6 heteroatoms. The van der Waals surface area contributed by atoms with Gasteiger partial charge in [0.1, 0.15) is 11.4 Å².